The minimum atomic E-state index is -0.504. The van der Waals surface area contributed by atoms with Gasteiger partial charge in [-0.3, -0.25) is 19.9 Å². The van der Waals surface area contributed by atoms with Crippen molar-refractivity contribution in [3.63, 3.8) is 0 Å². The first kappa shape index (κ1) is 24.7. The third-order valence-electron chi connectivity index (χ3n) is 4.99. The first-order valence-corrected chi connectivity index (χ1v) is 10.9. The van der Waals surface area contributed by atoms with Gasteiger partial charge in [-0.1, -0.05) is 27.7 Å². The van der Waals surface area contributed by atoms with Crippen molar-refractivity contribution in [3.8, 4) is 0 Å². The zero-order valence-electron chi connectivity index (χ0n) is 18.9. The number of hydrogen-bond acceptors (Lipinski definition) is 8. The lowest BCUT2D eigenvalue weighted by Crippen LogP contribution is -2.40. The number of carbonyl (C=O) groups is 1. The normalized spacial score (nSPS) is 13.4. The minimum absolute atomic E-state index is 0.0356. The lowest BCUT2D eigenvalue weighted by atomic mass is 9.95. The lowest BCUT2D eigenvalue weighted by molar-refractivity contribution is -0.383. The molecule has 1 fully saturated rings. The van der Waals surface area contributed by atoms with Crippen LogP contribution in [0.4, 0.5) is 11.4 Å². The van der Waals surface area contributed by atoms with Crippen molar-refractivity contribution in [3.05, 3.63) is 52.3 Å². The van der Waals surface area contributed by atoms with Gasteiger partial charge in [0.05, 0.1) is 10.6 Å². The summed E-state index contributed by atoms with van der Waals surface area (Å²) in [4.78, 5) is 29.1. The molecule has 0 atom stereocenters. The molecule has 32 heavy (non-hydrogen) atoms. The summed E-state index contributed by atoms with van der Waals surface area (Å²) in [5.74, 6) is -0.0320. The monoisotopic (exact) mass is 442 g/mol. The van der Waals surface area contributed by atoms with E-state index in [9.17, 15) is 14.9 Å². The predicted molar refractivity (Wildman–Crippen MR) is 122 cm³/mol. The van der Waals surface area contributed by atoms with Gasteiger partial charge in [0, 0.05) is 44.0 Å². The van der Waals surface area contributed by atoms with E-state index in [4.69, 9.17) is 4.63 Å². The van der Waals surface area contributed by atoms with E-state index in [1.165, 1.54) is 6.07 Å². The molecule has 0 saturated carbocycles. The number of rotatable bonds is 5. The van der Waals surface area contributed by atoms with Crippen LogP contribution >= 0.6 is 0 Å². The molecule has 10 nitrogen and oxygen atoms in total. The molecule has 0 unspecified atom stereocenters. The van der Waals surface area contributed by atoms with E-state index in [1.807, 2.05) is 39.8 Å². The van der Waals surface area contributed by atoms with Crippen LogP contribution in [0, 0.1) is 16.0 Å². The van der Waals surface area contributed by atoms with Gasteiger partial charge < -0.3 is 10.2 Å². The Hall–Kier alpha value is -3.56. The van der Waals surface area contributed by atoms with E-state index in [-0.39, 0.29) is 23.0 Å². The summed E-state index contributed by atoms with van der Waals surface area (Å²) >= 11 is 0. The number of hydrogen-bond donors (Lipinski definition) is 1. The topological polar surface area (TPSA) is 127 Å². The summed E-state index contributed by atoms with van der Waals surface area (Å²) in [5.41, 5.74) is 2.12. The van der Waals surface area contributed by atoms with E-state index >= 15 is 0 Å². The molecule has 10 heteroatoms. The number of nitrogens with zero attached hydrogens (tertiary/aromatic N) is 5. The Morgan fingerprint density at radius 2 is 1.72 bits per heavy atom. The maximum Gasteiger partial charge on any atom is 0.300 e. The third kappa shape index (κ3) is 5.77. The minimum Gasteiger partial charge on any atom is -0.370 e. The number of fused-ring (bicyclic) bond motifs is 1. The van der Waals surface area contributed by atoms with Gasteiger partial charge >= 0.3 is 5.69 Å². The summed E-state index contributed by atoms with van der Waals surface area (Å²) < 4.78 is 4.72. The van der Waals surface area contributed by atoms with Crippen LogP contribution in [0.15, 0.2) is 41.3 Å². The number of benzene rings is 1. The quantitative estimate of drug-likeness (QED) is 0.462. The second kappa shape index (κ2) is 12.3. The highest BCUT2D eigenvalue weighted by Crippen LogP contribution is 2.33. The van der Waals surface area contributed by atoms with E-state index < -0.39 is 4.92 Å². The van der Waals surface area contributed by atoms with Crippen molar-refractivity contribution >= 4 is 28.3 Å². The van der Waals surface area contributed by atoms with Crippen molar-refractivity contribution in [2.24, 2.45) is 5.92 Å². The van der Waals surface area contributed by atoms with Crippen LogP contribution in [0.3, 0.4) is 0 Å². The average Bonchev–Trinajstić information content (AvgIpc) is 3.35. The van der Waals surface area contributed by atoms with Crippen LogP contribution in [-0.2, 0) is 11.3 Å². The molecular formula is C22H30N6O4. The van der Waals surface area contributed by atoms with Gasteiger partial charge in [0.1, 0.15) is 0 Å². The van der Waals surface area contributed by atoms with Crippen molar-refractivity contribution < 1.29 is 14.3 Å². The number of non-ortho nitro benzene ring substituents is 1. The van der Waals surface area contributed by atoms with E-state index in [0.29, 0.717) is 38.0 Å². The Labute approximate surface area is 187 Å². The number of nitro benzene ring substituents is 1. The molecule has 1 aliphatic heterocycles. The van der Waals surface area contributed by atoms with Crippen LogP contribution < -0.4 is 10.2 Å². The molecule has 1 aliphatic rings. The van der Waals surface area contributed by atoms with Crippen molar-refractivity contribution in [2.45, 2.75) is 47.1 Å². The highest BCUT2D eigenvalue weighted by molar-refractivity contribution is 5.94. The molecule has 0 radical (unpaired) electrons. The highest BCUT2D eigenvalue weighted by Gasteiger charge is 2.28. The number of nitrogens with one attached hydrogen (secondary N) is 1. The fourth-order valence-electron chi connectivity index (χ4n) is 3.46. The zero-order valence-corrected chi connectivity index (χ0v) is 18.9. The number of nitro groups is 1. The SMILES string of the molecule is CC.CC.O=C(NCc1ccncc1)C1CCN(c2ccc([N+](=O)[O-])c3nonc23)CC1. The first-order chi connectivity index (χ1) is 15.6. The van der Waals surface area contributed by atoms with E-state index in [1.54, 1.807) is 18.5 Å². The summed E-state index contributed by atoms with van der Waals surface area (Å²) in [6, 6.07) is 6.81. The molecule has 3 heterocycles. The number of anilines is 1. The Balaban J connectivity index is 0.000000860. The zero-order chi connectivity index (χ0) is 23.5. The van der Waals surface area contributed by atoms with Crippen molar-refractivity contribution in [1.29, 1.82) is 0 Å². The van der Waals surface area contributed by atoms with Crippen LogP contribution in [0.5, 0.6) is 0 Å². The fourth-order valence-corrected chi connectivity index (χ4v) is 3.46. The first-order valence-electron chi connectivity index (χ1n) is 10.9. The second-order valence-corrected chi connectivity index (χ2v) is 6.66. The molecule has 4 rings (SSSR count). The van der Waals surface area contributed by atoms with Crippen LogP contribution in [0.2, 0.25) is 0 Å². The average molecular weight is 443 g/mol. The molecule has 0 bridgehead atoms. The van der Waals surface area contributed by atoms with E-state index in [0.717, 1.165) is 11.3 Å². The molecule has 2 aromatic heterocycles. The molecule has 0 aliphatic carbocycles. The maximum atomic E-state index is 12.4. The number of amides is 1. The smallest absolute Gasteiger partial charge is 0.300 e. The van der Waals surface area contributed by atoms with Gasteiger partial charge in [0.2, 0.25) is 11.4 Å². The summed E-state index contributed by atoms with van der Waals surface area (Å²) in [6.07, 6.45) is 4.77. The van der Waals surface area contributed by atoms with Crippen LogP contribution in [0.1, 0.15) is 46.1 Å². The molecule has 172 valence electrons. The van der Waals surface area contributed by atoms with Gasteiger partial charge in [-0.2, -0.15) is 0 Å². The molecule has 0 spiro atoms. The predicted octanol–water partition coefficient (Wildman–Crippen LogP) is 4.11. The molecule has 1 aromatic carbocycles. The second-order valence-electron chi connectivity index (χ2n) is 6.66. The number of aromatic nitrogens is 3. The number of piperidine rings is 1. The van der Waals surface area contributed by atoms with Gasteiger partial charge in [0.25, 0.3) is 0 Å². The number of carbonyl (C=O) groups excluding carboxylic acids is 1. The number of pyridine rings is 1. The molecular weight excluding hydrogens is 412 g/mol. The summed E-state index contributed by atoms with van der Waals surface area (Å²) in [6.45, 7) is 9.77. The van der Waals surface area contributed by atoms with E-state index in [2.05, 4.69) is 25.5 Å². The van der Waals surface area contributed by atoms with Gasteiger partial charge in [-0.25, -0.2) is 4.63 Å². The summed E-state index contributed by atoms with van der Waals surface area (Å²) in [5, 5.41) is 21.6. The van der Waals surface area contributed by atoms with Gasteiger partial charge in [-0.05, 0) is 46.9 Å². The van der Waals surface area contributed by atoms with Crippen molar-refractivity contribution in [1.82, 2.24) is 20.6 Å². The third-order valence-corrected chi connectivity index (χ3v) is 4.99. The lowest BCUT2D eigenvalue weighted by Gasteiger charge is -2.32. The fraction of sp³-hybridized carbons (Fsp3) is 0.455. The van der Waals surface area contributed by atoms with Crippen LogP contribution in [0.25, 0.3) is 11.0 Å². The summed E-state index contributed by atoms with van der Waals surface area (Å²) in [7, 11) is 0. The molecule has 3 aromatic rings. The molecule has 1 amide bonds. The van der Waals surface area contributed by atoms with Crippen molar-refractivity contribution in [2.75, 3.05) is 18.0 Å². The van der Waals surface area contributed by atoms with Gasteiger partial charge in [-0.15, -0.1) is 0 Å². The largest absolute Gasteiger partial charge is 0.370 e. The molecule has 1 saturated heterocycles. The highest BCUT2D eigenvalue weighted by atomic mass is 16.6. The Kier molecular flexibility index (Phi) is 9.52. The van der Waals surface area contributed by atoms with Crippen LogP contribution in [-0.4, -0.2) is 39.2 Å². The maximum absolute atomic E-state index is 12.4. The molecule has 1 N–H and O–H groups in total. The Bertz CT molecular complexity index is 1000. The Morgan fingerprint density at radius 3 is 2.34 bits per heavy atom. The Morgan fingerprint density at radius 1 is 1.09 bits per heavy atom. The van der Waals surface area contributed by atoms with Gasteiger partial charge in [0.15, 0.2) is 5.52 Å². The standard InChI is InChI=1S/C18H18N6O4.2C2H6/c25-18(20-11-12-3-7-19-8-4-12)13-5-9-23(10-6-13)14-1-2-15(24(26)27)17-16(14)21-28-22-17;2*1-2/h1-4,7-8,13H,5-6,9-11H2,(H,20,25);2*1-2H3.